The van der Waals surface area contributed by atoms with Crippen molar-refractivity contribution in [3.05, 3.63) is 59.0 Å². The van der Waals surface area contributed by atoms with Gasteiger partial charge in [0.25, 0.3) is 0 Å². The van der Waals surface area contributed by atoms with E-state index in [1.54, 1.807) is 0 Å². The lowest BCUT2D eigenvalue weighted by atomic mass is 9.96. The highest BCUT2D eigenvalue weighted by Crippen LogP contribution is 2.25. The molecule has 0 aromatic heterocycles. The van der Waals surface area contributed by atoms with E-state index in [0.717, 1.165) is 17.8 Å². The molecule has 13 heavy (non-hydrogen) atoms. The van der Waals surface area contributed by atoms with Crippen molar-refractivity contribution < 1.29 is 0 Å². The van der Waals surface area contributed by atoms with Crippen molar-refractivity contribution in [2.45, 2.75) is 6.42 Å². The van der Waals surface area contributed by atoms with Crippen LogP contribution in [0.3, 0.4) is 0 Å². The fourth-order valence-corrected chi connectivity index (χ4v) is 1.44. The molecule has 0 heterocycles. The van der Waals surface area contributed by atoms with Crippen LogP contribution in [0.4, 0.5) is 0 Å². The van der Waals surface area contributed by atoms with Gasteiger partial charge in [0.15, 0.2) is 0 Å². The van der Waals surface area contributed by atoms with Crippen molar-refractivity contribution in [3.8, 4) is 0 Å². The fraction of sp³-hybridized carbons (Fsp3) is 0.0909. The van der Waals surface area contributed by atoms with E-state index in [1.165, 1.54) is 11.1 Å². The molecule has 4 N–H and O–H groups in total. The van der Waals surface area contributed by atoms with Gasteiger partial charge in [-0.25, -0.2) is 0 Å². The Morgan fingerprint density at radius 1 is 0.923 bits per heavy atom. The first-order valence-corrected chi connectivity index (χ1v) is 4.27. The van der Waals surface area contributed by atoms with Gasteiger partial charge in [-0.2, -0.15) is 0 Å². The number of hydrogen-bond donors (Lipinski definition) is 2. The highest BCUT2D eigenvalue weighted by molar-refractivity contribution is 5.52. The van der Waals surface area contributed by atoms with Crippen molar-refractivity contribution in [1.29, 1.82) is 0 Å². The topological polar surface area (TPSA) is 52.0 Å². The quantitative estimate of drug-likeness (QED) is 0.581. The first-order chi connectivity index (χ1) is 6.25. The molecule has 0 radical (unpaired) electrons. The van der Waals surface area contributed by atoms with Gasteiger partial charge in [0.1, 0.15) is 0 Å². The third-order valence-electron chi connectivity index (χ3n) is 2.17. The van der Waals surface area contributed by atoms with E-state index in [-0.39, 0.29) is 0 Å². The summed E-state index contributed by atoms with van der Waals surface area (Å²) in [6.45, 7) is 0. The van der Waals surface area contributed by atoms with Crippen molar-refractivity contribution in [3.63, 3.8) is 0 Å². The number of fused-ring (bicyclic) bond motifs is 1. The van der Waals surface area contributed by atoms with Crippen LogP contribution < -0.4 is 11.5 Å². The van der Waals surface area contributed by atoms with Gasteiger partial charge in [0, 0.05) is 17.8 Å². The first-order valence-electron chi connectivity index (χ1n) is 4.27. The Hall–Kier alpha value is -1.70. The SMILES string of the molecule is NC1=CC=C2CC(N)=CC=C2C=C1. The van der Waals surface area contributed by atoms with Gasteiger partial charge in [-0.1, -0.05) is 18.2 Å². The summed E-state index contributed by atoms with van der Waals surface area (Å²) in [6, 6.07) is 0. The van der Waals surface area contributed by atoms with E-state index in [2.05, 4.69) is 0 Å². The molecule has 2 heteroatoms. The van der Waals surface area contributed by atoms with E-state index < -0.39 is 0 Å². The van der Waals surface area contributed by atoms with Crippen LogP contribution in [0, 0.1) is 0 Å². The van der Waals surface area contributed by atoms with Gasteiger partial charge in [-0.3, -0.25) is 0 Å². The zero-order valence-electron chi connectivity index (χ0n) is 7.33. The Balaban J connectivity index is 2.43. The van der Waals surface area contributed by atoms with Crippen molar-refractivity contribution in [2.24, 2.45) is 11.5 Å². The Morgan fingerprint density at radius 3 is 2.62 bits per heavy atom. The predicted octanol–water partition coefficient (Wildman–Crippen LogP) is 1.50. The van der Waals surface area contributed by atoms with E-state index >= 15 is 0 Å². The average Bonchev–Trinajstić information content (AvgIpc) is 2.29. The van der Waals surface area contributed by atoms with Gasteiger partial charge in [-0.15, -0.1) is 0 Å². The first kappa shape index (κ1) is 7.92. The summed E-state index contributed by atoms with van der Waals surface area (Å²) in [5.41, 5.74) is 15.5. The van der Waals surface area contributed by atoms with E-state index in [9.17, 15) is 0 Å². The molecule has 0 aliphatic heterocycles. The minimum Gasteiger partial charge on any atom is -0.402 e. The summed E-state index contributed by atoms with van der Waals surface area (Å²) in [7, 11) is 0. The van der Waals surface area contributed by atoms with Crippen molar-refractivity contribution >= 4 is 0 Å². The molecule has 2 rings (SSSR count). The van der Waals surface area contributed by atoms with Gasteiger partial charge in [0.2, 0.25) is 0 Å². The average molecular weight is 172 g/mol. The molecule has 0 saturated heterocycles. The molecule has 0 aromatic carbocycles. The maximum atomic E-state index is 5.73. The lowest BCUT2D eigenvalue weighted by molar-refractivity contribution is 1.08. The molecule has 0 aromatic rings. The summed E-state index contributed by atoms with van der Waals surface area (Å²) in [6.07, 6.45) is 12.6. The summed E-state index contributed by atoms with van der Waals surface area (Å²) in [5, 5.41) is 0. The minimum absolute atomic E-state index is 0.779. The fourth-order valence-electron chi connectivity index (χ4n) is 1.44. The Bertz CT molecular complexity index is 379. The highest BCUT2D eigenvalue weighted by Gasteiger charge is 2.08. The predicted molar refractivity (Wildman–Crippen MR) is 54.5 cm³/mol. The van der Waals surface area contributed by atoms with Crippen LogP contribution in [0.25, 0.3) is 0 Å². The maximum absolute atomic E-state index is 5.73. The molecule has 66 valence electrons. The third-order valence-corrected chi connectivity index (χ3v) is 2.17. The van der Waals surface area contributed by atoms with Crippen molar-refractivity contribution in [2.75, 3.05) is 0 Å². The summed E-state index contributed by atoms with van der Waals surface area (Å²) >= 11 is 0. The standard InChI is InChI=1S/C11H12N2/c12-10-4-1-8-2-6-11(13)7-9(8)3-5-10/h1-6H,7,12-13H2. The highest BCUT2D eigenvalue weighted by atomic mass is 14.6. The van der Waals surface area contributed by atoms with E-state index in [0.29, 0.717) is 0 Å². The van der Waals surface area contributed by atoms with Crippen molar-refractivity contribution in [1.82, 2.24) is 0 Å². The van der Waals surface area contributed by atoms with Crippen LogP contribution >= 0.6 is 0 Å². The lowest BCUT2D eigenvalue weighted by Gasteiger charge is -2.11. The smallest absolute Gasteiger partial charge is 0.0314 e. The molecule has 0 bridgehead atoms. The molecule has 0 atom stereocenters. The summed E-state index contributed by atoms with van der Waals surface area (Å²) in [4.78, 5) is 0. The maximum Gasteiger partial charge on any atom is 0.0314 e. The third kappa shape index (κ3) is 1.56. The van der Waals surface area contributed by atoms with Crippen LogP contribution in [0.5, 0.6) is 0 Å². The Labute approximate surface area is 77.6 Å². The van der Waals surface area contributed by atoms with Gasteiger partial charge < -0.3 is 11.5 Å². The minimum atomic E-state index is 0.779. The monoisotopic (exact) mass is 172 g/mol. The number of hydrogen-bond acceptors (Lipinski definition) is 2. The molecule has 2 nitrogen and oxygen atoms in total. The van der Waals surface area contributed by atoms with Crippen LogP contribution in [-0.4, -0.2) is 0 Å². The number of allylic oxidation sites excluding steroid dienone is 8. The van der Waals surface area contributed by atoms with Crippen LogP contribution in [-0.2, 0) is 0 Å². The second-order valence-electron chi connectivity index (χ2n) is 3.23. The molecule has 0 unspecified atom stereocenters. The molecule has 0 amide bonds. The summed E-state index contributed by atoms with van der Waals surface area (Å²) < 4.78 is 0. The molecular weight excluding hydrogens is 160 g/mol. The molecule has 2 aliphatic rings. The van der Waals surface area contributed by atoms with E-state index in [1.807, 2.05) is 36.5 Å². The van der Waals surface area contributed by atoms with Crippen LogP contribution in [0.2, 0.25) is 0 Å². The van der Waals surface area contributed by atoms with Gasteiger partial charge >= 0.3 is 0 Å². The number of nitrogens with two attached hydrogens (primary N) is 2. The second kappa shape index (κ2) is 2.98. The summed E-state index contributed by atoms with van der Waals surface area (Å²) in [5.74, 6) is 0. The number of rotatable bonds is 0. The second-order valence-corrected chi connectivity index (χ2v) is 3.23. The largest absolute Gasteiger partial charge is 0.402 e. The van der Waals surface area contributed by atoms with Gasteiger partial charge in [-0.05, 0) is 29.4 Å². The Morgan fingerprint density at radius 2 is 1.77 bits per heavy atom. The lowest BCUT2D eigenvalue weighted by Crippen LogP contribution is -2.03. The van der Waals surface area contributed by atoms with Crippen LogP contribution in [0.1, 0.15) is 6.42 Å². The Kier molecular flexibility index (Phi) is 1.81. The molecule has 0 fully saturated rings. The molecule has 2 aliphatic carbocycles. The molecule has 0 spiro atoms. The normalized spacial score (nSPS) is 20.6. The van der Waals surface area contributed by atoms with E-state index in [4.69, 9.17) is 11.5 Å². The molecular formula is C11H12N2. The molecule has 0 saturated carbocycles. The zero-order chi connectivity index (χ0) is 9.26. The van der Waals surface area contributed by atoms with Crippen LogP contribution in [0.15, 0.2) is 59.0 Å². The van der Waals surface area contributed by atoms with Gasteiger partial charge in [0.05, 0.1) is 0 Å². The zero-order valence-corrected chi connectivity index (χ0v) is 7.33.